The summed E-state index contributed by atoms with van der Waals surface area (Å²) in [4.78, 5) is 1.96. The van der Waals surface area contributed by atoms with Gasteiger partial charge in [0.15, 0.2) is 0 Å². The van der Waals surface area contributed by atoms with E-state index in [0.29, 0.717) is 25.3 Å². The van der Waals surface area contributed by atoms with E-state index in [9.17, 15) is 31.4 Å². The second kappa shape index (κ2) is 9.70. The third kappa shape index (κ3) is 5.95. The minimum Gasteiger partial charge on any atom is -0.496 e. The number of aliphatic hydroxyl groups is 1. The second-order valence-electron chi connectivity index (χ2n) is 7.83. The lowest BCUT2D eigenvalue weighted by Crippen LogP contribution is -2.41. The summed E-state index contributed by atoms with van der Waals surface area (Å²) >= 11 is 0. The predicted octanol–water partition coefficient (Wildman–Crippen LogP) is 5.68. The monoisotopic (exact) mass is 460 g/mol. The van der Waals surface area contributed by atoms with Gasteiger partial charge in [-0.2, -0.15) is 26.3 Å². The van der Waals surface area contributed by atoms with E-state index in [0.717, 1.165) is 24.1 Å². The molecule has 2 atom stereocenters. The van der Waals surface area contributed by atoms with Crippen LogP contribution in [0, 0.1) is 6.42 Å². The Morgan fingerprint density at radius 3 is 2.25 bits per heavy atom. The molecule has 32 heavy (non-hydrogen) atoms. The Morgan fingerprint density at radius 1 is 1.06 bits per heavy atom. The number of halogens is 6. The molecule has 0 bridgehead atoms. The van der Waals surface area contributed by atoms with Crippen molar-refractivity contribution in [3.63, 3.8) is 0 Å². The minimum absolute atomic E-state index is 0.0930. The lowest BCUT2D eigenvalue weighted by Gasteiger charge is -2.37. The first-order chi connectivity index (χ1) is 15.0. The van der Waals surface area contributed by atoms with Crippen LogP contribution in [0.25, 0.3) is 0 Å². The van der Waals surface area contributed by atoms with Gasteiger partial charge in [0.25, 0.3) is 0 Å². The van der Waals surface area contributed by atoms with Crippen LogP contribution in [0.5, 0.6) is 5.75 Å². The molecular formula is C23H24F6NO2. The highest BCUT2D eigenvalue weighted by molar-refractivity contribution is 5.39. The molecule has 0 aliphatic carbocycles. The number of likely N-dealkylation sites (tertiary alicyclic amines) is 1. The highest BCUT2D eigenvalue weighted by Gasteiger charge is 2.37. The molecule has 0 spiro atoms. The molecule has 1 saturated heterocycles. The zero-order chi connectivity index (χ0) is 23.5. The van der Waals surface area contributed by atoms with Crippen LogP contribution < -0.4 is 4.74 Å². The number of hydrogen-bond donors (Lipinski definition) is 1. The number of methoxy groups -OCH3 is 1. The summed E-state index contributed by atoms with van der Waals surface area (Å²) in [5.41, 5.74) is -2.03. The summed E-state index contributed by atoms with van der Waals surface area (Å²) in [7, 11) is 1.49. The summed E-state index contributed by atoms with van der Waals surface area (Å²) < 4.78 is 84.6. The molecule has 2 aromatic rings. The zero-order valence-electron chi connectivity index (χ0n) is 17.4. The molecule has 0 saturated carbocycles. The number of β-amino-alcohol motifs (C(OH)–C–C–N with tert-alkyl or cyclic N) is 1. The van der Waals surface area contributed by atoms with Crippen molar-refractivity contribution in [3.8, 4) is 5.75 Å². The first-order valence-electron chi connectivity index (χ1n) is 10.2. The van der Waals surface area contributed by atoms with Crippen LogP contribution in [-0.4, -0.2) is 36.3 Å². The van der Waals surface area contributed by atoms with E-state index in [1.165, 1.54) is 7.11 Å². The smallest absolute Gasteiger partial charge is 0.416 e. The van der Waals surface area contributed by atoms with Crippen molar-refractivity contribution in [2.75, 3.05) is 20.2 Å². The van der Waals surface area contributed by atoms with Gasteiger partial charge >= 0.3 is 12.4 Å². The third-order valence-electron chi connectivity index (χ3n) is 5.50. The van der Waals surface area contributed by atoms with Crippen LogP contribution in [0.4, 0.5) is 26.3 Å². The van der Waals surface area contributed by atoms with Crippen LogP contribution in [0.15, 0.2) is 42.5 Å². The highest BCUT2D eigenvalue weighted by atomic mass is 19.4. The molecule has 1 aliphatic rings. The SMILES string of the molecule is COc1ccccc1C([CH]Cc1cc(C(F)(F)F)cc(C(F)(F)F)c1)N1CCCC(O)C1. The molecule has 1 radical (unpaired) electrons. The summed E-state index contributed by atoms with van der Waals surface area (Å²) in [6, 6.07) is 8.26. The van der Waals surface area contributed by atoms with Gasteiger partial charge < -0.3 is 9.84 Å². The molecule has 175 valence electrons. The molecule has 2 aromatic carbocycles. The van der Waals surface area contributed by atoms with Crippen LogP contribution in [0.2, 0.25) is 0 Å². The first-order valence-corrected chi connectivity index (χ1v) is 10.2. The van der Waals surface area contributed by atoms with E-state index in [4.69, 9.17) is 4.74 Å². The fourth-order valence-electron chi connectivity index (χ4n) is 4.00. The van der Waals surface area contributed by atoms with Gasteiger partial charge in [0.1, 0.15) is 5.75 Å². The largest absolute Gasteiger partial charge is 0.496 e. The fraction of sp³-hybridized carbons (Fsp3) is 0.435. The summed E-state index contributed by atoms with van der Waals surface area (Å²) in [5, 5.41) is 10.1. The van der Waals surface area contributed by atoms with Gasteiger partial charge in [-0.3, -0.25) is 4.90 Å². The average molecular weight is 460 g/mol. The van der Waals surface area contributed by atoms with E-state index >= 15 is 0 Å². The molecule has 0 amide bonds. The Kier molecular flexibility index (Phi) is 7.39. The molecule has 0 aromatic heterocycles. The van der Waals surface area contributed by atoms with Crippen LogP contribution in [-0.2, 0) is 18.8 Å². The van der Waals surface area contributed by atoms with Crippen LogP contribution in [0.3, 0.4) is 0 Å². The number of alkyl halides is 6. The number of piperidine rings is 1. The van der Waals surface area contributed by atoms with E-state index in [1.54, 1.807) is 30.7 Å². The Labute approximate surface area is 182 Å². The lowest BCUT2D eigenvalue weighted by molar-refractivity contribution is -0.143. The van der Waals surface area contributed by atoms with Gasteiger partial charge in [0.2, 0.25) is 0 Å². The quantitative estimate of drug-likeness (QED) is 0.564. The molecule has 1 heterocycles. The molecule has 2 unspecified atom stereocenters. The Morgan fingerprint density at radius 2 is 1.69 bits per heavy atom. The van der Waals surface area contributed by atoms with Crippen molar-refractivity contribution in [3.05, 3.63) is 71.1 Å². The van der Waals surface area contributed by atoms with Gasteiger partial charge in [-0.15, -0.1) is 0 Å². The maximum atomic E-state index is 13.2. The van der Waals surface area contributed by atoms with E-state index in [-0.39, 0.29) is 18.1 Å². The standard InChI is InChI=1S/C23H24F6NO2/c1-32-21-7-3-2-6-19(21)20(30-10-4-5-18(31)14-30)9-8-15-11-16(22(24,25)26)13-17(12-15)23(27,28)29/h2-3,6-7,9,11-13,18,20,31H,4-5,8,10,14H2,1H3. The summed E-state index contributed by atoms with van der Waals surface area (Å²) in [6.07, 6.45) is -7.43. The molecular weight excluding hydrogens is 436 g/mol. The summed E-state index contributed by atoms with van der Waals surface area (Å²) in [5.74, 6) is 0.550. The van der Waals surface area contributed by atoms with Crippen molar-refractivity contribution >= 4 is 0 Å². The normalized spacial score (nSPS) is 19.1. The Balaban J connectivity index is 1.94. The van der Waals surface area contributed by atoms with Crippen molar-refractivity contribution in [2.24, 2.45) is 0 Å². The number of hydrogen-bond acceptors (Lipinski definition) is 3. The number of rotatable bonds is 6. The number of aliphatic hydroxyl groups excluding tert-OH is 1. The number of nitrogens with zero attached hydrogens (tertiary/aromatic N) is 1. The molecule has 1 aliphatic heterocycles. The van der Waals surface area contributed by atoms with Gasteiger partial charge in [-0.05, 0) is 62.1 Å². The number of ether oxygens (including phenoxy) is 1. The minimum atomic E-state index is -4.89. The van der Waals surface area contributed by atoms with E-state index in [2.05, 4.69) is 0 Å². The van der Waals surface area contributed by atoms with Gasteiger partial charge in [0.05, 0.1) is 24.3 Å². The number of benzene rings is 2. The zero-order valence-corrected chi connectivity index (χ0v) is 17.4. The van der Waals surface area contributed by atoms with Crippen LogP contribution in [0.1, 0.15) is 41.1 Å². The van der Waals surface area contributed by atoms with Gasteiger partial charge in [-0.1, -0.05) is 18.2 Å². The van der Waals surface area contributed by atoms with Crippen molar-refractivity contribution in [1.82, 2.24) is 4.90 Å². The lowest BCUT2D eigenvalue weighted by atomic mass is 9.93. The van der Waals surface area contributed by atoms with Crippen LogP contribution >= 0.6 is 0 Å². The van der Waals surface area contributed by atoms with E-state index < -0.39 is 35.6 Å². The van der Waals surface area contributed by atoms with Gasteiger partial charge in [0, 0.05) is 18.2 Å². The molecule has 3 nitrogen and oxygen atoms in total. The third-order valence-corrected chi connectivity index (χ3v) is 5.50. The fourth-order valence-corrected chi connectivity index (χ4v) is 4.00. The first kappa shape index (κ1) is 24.4. The predicted molar refractivity (Wildman–Crippen MR) is 107 cm³/mol. The Bertz CT molecular complexity index is 880. The summed E-state index contributed by atoms with van der Waals surface area (Å²) in [6.45, 7) is 0.974. The average Bonchev–Trinajstić information content (AvgIpc) is 2.73. The topological polar surface area (TPSA) is 32.7 Å². The van der Waals surface area contributed by atoms with Crippen molar-refractivity contribution in [1.29, 1.82) is 0 Å². The van der Waals surface area contributed by atoms with Gasteiger partial charge in [-0.25, -0.2) is 0 Å². The van der Waals surface area contributed by atoms with Crippen molar-refractivity contribution < 1.29 is 36.2 Å². The Hall–Kier alpha value is -2.26. The second-order valence-corrected chi connectivity index (χ2v) is 7.83. The highest BCUT2D eigenvalue weighted by Crippen LogP contribution is 2.38. The van der Waals surface area contributed by atoms with E-state index in [1.807, 2.05) is 4.90 Å². The van der Waals surface area contributed by atoms with Crippen molar-refractivity contribution in [2.45, 2.75) is 43.8 Å². The maximum Gasteiger partial charge on any atom is 0.416 e. The molecule has 3 rings (SSSR count). The maximum absolute atomic E-state index is 13.2. The molecule has 1 fully saturated rings. The molecule has 9 heteroatoms. The number of para-hydroxylation sites is 1. The molecule has 1 N–H and O–H groups in total.